The Morgan fingerprint density at radius 3 is 2.51 bits per heavy atom. The maximum Gasteiger partial charge on any atom is 0.255 e. The molecule has 0 saturated carbocycles. The molecule has 0 radical (unpaired) electrons. The molecular formula is C26H34F2N4O3. The van der Waals surface area contributed by atoms with Crippen molar-refractivity contribution in [3.63, 3.8) is 0 Å². The summed E-state index contributed by atoms with van der Waals surface area (Å²) in [6, 6.07) is 5.71. The van der Waals surface area contributed by atoms with Gasteiger partial charge in [0.2, 0.25) is 0 Å². The molecule has 7 nitrogen and oxygen atoms in total. The largest absolute Gasteiger partial charge is 0.453 e. The van der Waals surface area contributed by atoms with E-state index >= 15 is 0 Å². The summed E-state index contributed by atoms with van der Waals surface area (Å²) in [4.78, 5) is 15.5. The van der Waals surface area contributed by atoms with Crippen LogP contribution in [-0.4, -0.2) is 58.0 Å². The van der Waals surface area contributed by atoms with Crippen molar-refractivity contribution in [1.29, 1.82) is 0 Å². The van der Waals surface area contributed by atoms with Crippen LogP contribution in [0.1, 0.15) is 44.5 Å². The van der Waals surface area contributed by atoms with E-state index in [2.05, 4.69) is 24.3 Å². The summed E-state index contributed by atoms with van der Waals surface area (Å²) in [5, 5.41) is 18.7. The first-order chi connectivity index (χ1) is 16.3. The fourth-order valence-electron chi connectivity index (χ4n) is 3.76. The van der Waals surface area contributed by atoms with Crippen molar-refractivity contribution in [3.05, 3.63) is 53.7 Å². The van der Waals surface area contributed by atoms with Gasteiger partial charge in [-0.05, 0) is 71.1 Å². The number of aliphatic hydroxyl groups is 1. The van der Waals surface area contributed by atoms with E-state index in [4.69, 9.17) is 4.74 Å². The zero-order chi connectivity index (χ0) is 25.9. The zero-order valence-corrected chi connectivity index (χ0v) is 21.1. The molecule has 0 fully saturated rings. The van der Waals surface area contributed by atoms with Crippen LogP contribution in [0.2, 0.25) is 0 Å². The molecule has 0 unspecified atom stereocenters. The molecule has 0 saturated heterocycles. The Morgan fingerprint density at radius 2 is 1.91 bits per heavy atom. The number of amides is 1. The first kappa shape index (κ1) is 26.6. The number of ether oxygens (including phenoxy) is 1. The number of benzene rings is 2. The fraction of sp³-hybridized carbons (Fsp3) is 0.462. The van der Waals surface area contributed by atoms with E-state index in [1.807, 2.05) is 19.0 Å². The number of hydrogen-bond acceptors (Lipinski definition) is 5. The Kier molecular flexibility index (Phi) is 8.12. The van der Waals surface area contributed by atoms with Crippen molar-refractivity contribution in [2.75, 3.05) is 20.6 Å². The highest BCUT2D eigenvalue weighted by Gasteiger charge is 2.30. The fourth-order valence-corrected chi connectivity index (χ4v) is 3.76. The molecule has 1 aromatic heterocycles. The SMILES string of the molecule is CC(C)Cn1ncc2cc(Oc3ccc(F)cc3F)c(C(=O)N[C@@H](CCN(C)C)C(C)(C)O)cc21. The van der Waals surface area contributed by atoms with Gasteiger partial charge < -0.3 is 20.1 Å². The number of nitrogens with one attached hydrogen (secondary N) is 1. The lowest BCUT2D eigenvalue weighted by Gasteiger charge is -2.31. The predicted molar refractivity (Wildman–Crippen MR) is 132 cm³/mol. The minimum absolute atomic E-state index is 0.103. The molecule has 1 amide bonds. The van der Waals surface area contributed by atoms with Gasteiger partial charge in [-0.25, -0.2) is 8.78 Å². The van der Waals surface area contributed by atoms with Gasteiger partial charge in [0.05, 0.1) is 28.9 Å². The predicted octanol–water partition coefficient (Wildman–Crippen LogP) is 4.58. The molecule has 3 aromatic rings. The molecule has 190 valence electrons. The molecule has 1 heterocycles. The van der Waals surface area contributed by atoms with Crippen molar-refractivity contribution in [2.24, 2.45) is 5.92 Å². The highest BCUT2D eigenvalue weighted by atomic mass is 19.1. The van der Waals surface area contributed by atoms with Gasteiger partial charge in [-0.2, -0.15) is 5.10 Å². The van der Waals surface area contributed by atoms with Gasteiger partial charge in [-0.3, -0.25) is 9.48 Å². The van der Waals surface area contributed by atoms with Crippen LogP contribution in [0.3, 0.4) is 0 Å². The number of nitrogens with zero attached hydrogens (tertiary/aromatic N) is 3. The normalized spacial score (nSPS) is 13.0. The Balaban J connectivity index is 2.04. The van der Waals surface area contributed by atoms with Gasteiger partial charge in [0.15, 0.2) is 11.6 Å². The monoisotopic (exact) mass is 488 g/mol. The minimum Gasteiger partial charge on any atom is -0.453 e. The first-order valence-electron chi connectivity index (χ1n) is 11.7. The summed E-state index contributed by atoms with van der Waals surface area (Å²) in [7, 11) is 3.83. The number of aromatic nitrogens is 2. The van der Waals surface area contributed by atoms with E-state index in [1.165, 1.54) is 6.07 Å². The van der Waals surface area contributed by atoms with Crippen LogP contribution in [0.4, 0.5) is 8.78 Å². The Hall–Kier alpha value is -3.04. The van der Waals surface area contributed by atoms with Gasteiger partial charge in [-0.1, -0.05) is 13.8 Å². The summed E-state index contributed by atoms with van der Waals surface area (Å²) in [6.07, 6.45) is 2.17. The average Bonchev–Trinajstić information content (AvgIpc) is 3.12. The molecule has 0 spiro atoms. The maximum absolute atomic E-state index is 14.4. The second-order valence-electron chi connectivity index (χ2n) is 10.1. The Bertz CT molecular complexity index is 1190. The summed E-state index contributed by atoms with van der Waals surface area (Å²) in [5.74, 6) is -1.87. The Labute approximate surface area is 204 Å². The van der Waals surface area contributed by atoms with Crippen molar-refractivity contribution in [2.45, 2.75) is 52.3 Å². The number of carbonyl (C=O) groups excluding carboxylic acids is 1. The van der Waals surface area contributed by atoms with Crippen LogP contribution in [0.5, 0.6) is 11.5 Å². The van der Waals surface area contributed by atoms with Gasteiger partial charge in [-0.15, -0.1) is 0 Å². The lowest BCUT2D eigenvalue weighted by molar-refractivity contribution is 0.0300. The highest BCUT2D eigenvalue weighted by Crippen LogP contribution is 2.32. The summed E-state index contributed by atoms with van der Waals surface area (Å²) < 4.78 is 35.3. The molecule has 1 atom stereocenters. The van der Waals surface area contributed by atoms with Crippen molar-refractivity contribution < 1.29 is 23.4 Å². The van der Waals surface area contributed by atoms with Gasteiger partial charge in [0.1, 0.15) is 11.6 Å². The van der Waals surface area contributed by atoms with Crippen LogP contribution in [-0.2, 0) is 6.54 Å². The second-order valence-corrected chi connectivity index (χ2v) is 10.1. The molecule has 0 aliphatic carbocycles. The van der Waals surface area contributed by atoms with E-state index in [0.717, 1.165) is 17.6 Å². The smallest absolute Gasteiger partial charge is 0.255 e. The number of rotatable bonds is 10. The van der Waals surface area contributed by atoms with E-state index < -0.39 is 29.2 Å². The summed E-state index contributed by atoms with van der Waals surface area (Å²) >= 11 is 0. The van der Waals surface area contributed by atoms with Crippen LogP contribution in [0.15, 0.2) is 36.5 Å². The van der Waals surface area contributed by atoms with Crippen molar-refractivity contribution in [1.82, 2.24) is 20.0 Å². The molecule has 3 rings (SSSR count). The molecular weight excluding hydrogens is 454 g/mol. The third-order valence-electron chi connectivity index (χ3n) is 5.66. The molecule has 9 heteroatoms. The van der Waals surface area contributed by atoms with Gasteiger partial charge in [0.25, 0.3) is 5.91 Å². The lowest BCUT2D eigenvalue weighted by Crippen LogP contribution is -2.50. The van der Waals surface area contributed by atoms with Gasteiger partial charge in [0, 0.05) is 18.0 Å². The quantitative estimate of drug-likeness (QED) is 0.437. The Morgan fingerprint density at radius 1 is 1.20 bits per heavy atom. The standard InChI is InChI=1S/C26H34F2N4O3/c1-16(2)15-32-21-13-19(25(33)30-24(26(3,4)34)9-10-31(5)6)23(11-17(21)14-29-32)35-22-8-7-18(27)12-20(22)28/h7-8,11-14,16,24,34H,9-10,15H2,1-6H3,(H,30,33)/t24-/m0/s1. The molecule has 2 aromatic carbocycles. The zero-order valence-electron chi connectivity index (χ0n) is 21.1. The minimum atomic E-state index is -1.18. The van der Waals surface area contributed by atoms with Crippen molar-refractivity contribution in [3.8, 4) is 11.5 Å². The highest BCUT2D eigenvalue weighted by molar-refractivity contribution is 6.01. The first-order valence-corrected chi connectivity index (χ1v) is 11.7. The van der Waals surface area contributed by atoms with Crippen LogP contribution < -0.4 is 10.1 Å². The van der Waals surface area contributed by atoms with E-state index in [-0.39, 0.29) is 17.1 Å². The number of carbonyl (C=O) groups is 1. The molecule has 35 heavy (non-hydrogen) atoms. The maximum atomic E-state index is 14.4. The summed E-state index contributed by atoms with van der Waals surface area (Å²) in [5.41, 5.74) is -0.297. The van der Waals surface area contributed by atoms with E-state index in [0.29, 0.717) is 30.8 Å². The third-order valence-corrected chi connectivity index (χ3v) is 5.66. The molecule has 2 N–H and O–H groups in total. The molecule has 0 bridgehead atoms. The van der Waals surface area contributed by atoms with Gasteiger partial charge >= 0.3 is 0 Å². The van der Waals surface area contributed by atoms with E-state index in [1.54, 1.807) is 36.9 Å². The third kappa shape index (κ3) is 6.76. The lowest BCUT2D eigenvalue weighted by atomic mass is 9.95. The summed E-state index contributed by atoms with van der Waals surface area (Å²) in [6.45, 7) is 8.70. The number of halogens is 2. The van der Waals surface area contributed by atoms with Crippen LogP contribution in [0.25, 0.3) is 10.9 Å². The van der Waals surface area contributed by atoms with Crippen molar-refractivity contribution >= 4 is 16.8 Å². The number of fused-ring (bicyclic) bond motifs is 1. The van der Waals surface area contributed by atoms with E-state index in [9.17, 15) is 18.7 Å². The van der Waals surface area contributed by atoms with Crippen LogP contribution >= 0.6 is 0 Å². The second kappa shape index (κ2) is 10.7. The molecule has 0 aliphatic heterocycles. The topological polar surface area (TPSA) is 79.6 Å². The molecule has 0 aliphatic rings. The van der Waals surface area contributed by atoms with Crippen LogP contribution in [0, 0.1) is 17.6 Å². The number of hydrogen-bond donors (Lipinski definition) is 2. The average molecular weight is 489 g/mol.